The number of ether oxygens (including phenoxy) is 1. The molecule has 80 valence electrons. The van der Waals surface area contributed by atoms with Crippen molar-refractivity contribution in [1.82, 2.24) is 4.98 Å². The molecule has 0 aliphatic heterocycles. The molecule has 1 aliphatic rings. The molecule has 1 heterocycles. The Balaban J connectivity index is 1.91. The molecule has 0 aromatic carbocycles. The highest BCUT2D eigenvalue weighted by atomic mass is 16.5. The molecule has 0 atom stereocenters. The van der Waals surface area contributed by atoms with Crippen LogP contribution in [-0.2, 0) is 4.79 Å². The molecule has 1 aromatic rings. The van der Waals surface area contributed by atoms with E-state index in [9.17, 15) is 4.79 Å². The summed E-state index contributed by atoms with van der Waals surface area (Å²) in [6.07, 6.45) is 4.91. The van der Waals surface area contributed by atoms with E-state index in [0.29, 0.717) is 24.5 Å². The third kappa shape index (κ3) is 2.78. The zero-order valence-corrected chi connectivity index (χ0v) is 8.90. The van der Waals surface area contributed by atoms with Crippen molar-refractivity contribution in [1.29, 1.82) is 0 Å². The normalized spacial score (nSPS) is 17.8. The first-order valence-electron chi connectivity index (χ1n) is 5.35. The van der Waals surface area contributed by atoms with Gasteiger partial charge in [-0.05, 0) is 25.3 Å². The number of aromatic nitrogens is 1. The lowest BCUT2D eigenvalue weighted by Gasteiger charge is -2.21. The molecular weight excluding hydrogens is 190 g/mol. The number of hydrogen-bond acceptors (Lipinski definition) is 3. The molecule has 0 radical (unpaired) electrons. The van der Waals surface area contributed by atoms with Gasteiger partial charge in [0.2, 0.25) is 5.88 Å². The van der Waals surface area contributed by atoms with E-state index in [4.69, 9.17) is 4.74 Å². The smallest absolute Gasteiger partial charge is 0.213 e. The molecule has 0 spiro atoms. The first kappa shape index (κ1) is 10.1. The van der Waals surface area contributed by atoms with Crippen LogP contribution in [0.5, 0.6) is 5.88 Å². The average Bonchev–Trinajstić information content (AvgIpc) is 2.25. The van der Waals surface area contributed by atoms with Gasteiger partial charge in [-0.25, -0.2) is 4.98 Å². The maximum Gasteiger partial charge on any atom is 0.213 e. The zero-order chi connectivity index (χ0) is 10.7. The molecular formula is C12H15NO2. The Kier molecular flexibility index (Phi) is 2.99. The molecule has 1 fully saturated rings. The van der Waals surface area contributed by atoms with Crippen molar-refractivity contribution in [2.75, 3.05) is 0 Å². The van der Waals surface area contributed by atoms with Crippen LogP contribution < -0.4 is 4.74 Å². The molecule has 3 heteroatoms. The van der Waals surface area contributed by atoms with Gasteiger partial charge in [-0.3, -0.25) is 4.79 Å². The van der Waals surface area contributed by atoms with Crippen molar-refractivity contribution < 1.29 is 9.53 Å². The second-order valence-electron chi connectivity index (χ2n) is 4.03. The maximum atomic E-state index is 11.0. The summed E-state index contributed by atoms with van der Waals surface area (Å²) in [7, 11) is 0. The van der Waals surface area contributed by atoms with E-state index in [1.807, 2.05) is 19.1 Å². The van der Waals surface area contributed by atoms with Gasteiger partial charge in [-0.2, -0.15) is 0 Å². The molecule has 0 saturated heterocycles. The van der Waals surface area contributed by atoms with Gasteiger partial charge in [0, 0.05) is 25.1 Å². The Morgan fingerprint density at radius 3 is 2.67 bits per heavy atom. The summed E-state index contributed by atoms with van der Waals surface area (Å²) in [5.74, 6) is 1.02. The van der Waals surface area contributed by atoms with Gasteiger partial charge >= 0.3 is 0 Å². The Hall–Kier alpha value is -1.38. The highest BCUT2D eigenvalue weighted by Crippen LogP contribution is 2.20. The number of aryl methyl sites for hydroxylation is 1. The van der Waals surface area contributed by atoms with Crippen LogP contribution in [0.15, 0.2) is 18.3 Å². The minimum Gasteiger partial charge on any atom is -0.474 e. The van der Waals surface area contributed by atoms with E-state index in [-0.39, 0.29) is 6.10 Å². The van der Waals surface area contributed by atoms with Crippen LogP contribution >= 0.6 is 0 Å². The fraction of sp³-hybridized carbons (Fsp3) is 0.500. The Morgan fingerprint density at radius 1 is 1.33 bits per heavy atom. The average molecular weight is 205 g/mol. The Bertz CT molecular complexity index is 335. The highest BCUT2D eigenvalue weighted by molar-refractivity contribution is 5.79. The lowest BCUT2D eigenvalue weighted by atomic mass is 9.96. The van der Waals surface area contributed by atoms with Crippen molar-refractivity contribution in [3.8, 4) is 5.88 Å². The third-order valence-corrected chi connectivity index (χ3v) is 2.66. The van der Waals surface area contributed by atoms with E-state index >= 15 is 0 Å². The molecule has 0 unspecified atom stereocenters. The highest BCUT2D eigenvalue weighted by Gasteiger charge is 2.20. The van der Waals surface area contributed by atoms with Gasteiger partial charge in [0.25, 0.3) is 0 Å². The maximum absolute atomic E-state index is 11.0. The molecule has 3 nitrogen and oxygen atoms in total. The van der Waals surface area contributed by atoms with Crippen LogP contribution in [0, 0.1) is 6.92 Å². The van der Waals surface area contributed by atoms with E-state index in [1.165, 1.54) is 0 Å². The van der Waals surface area contributed by atoms with Crippen LogP contribution in [0.25, 0.3) is 0 Å². The number of carbonyl (C=O) groups excluding carboxylic acids is 1. The number of hydrogen-bond donors (Lipinski definition) is 0. The number of nitrogens with zero attached hydrogens (tertiary/aromatic N) is 1. The summed E-state index contributed by atoms with van der Waals surface area (Å²) < 4.78 is 5.70. The van der Waals surface area contributed by atoms with Gasteiger partial charge in [0.1, 0.15) is 11.9 Å². The molecule has 2 rings (SSSR count). The molecule has 0 N–H and O–H groups in total. The number of rotatable bonds is 2. The minimum absolute atomic E-state index is 0.165. The topological polar surface area (TPSA) is 39.2 Å². The standard InChI is InChI=1S/C12H15NO2/c1-9-2-7-12(13-8-9)15-11-5-3-10(14)4-6-11/h2,7-8,11H,3-6H2,1H3. The predicted octanol–water partition coefficient (Wildman–Crippen LogP) is 2.28. The van der Waals surface area contributed by atoms with Gasteiger partial charge in [0.05, 0.1) is 0 Å². The molecule has 1 saturated carbocycles. The van der Waals surface area contributed by atoms with Crippen LogP contribution in [0.4, 0.5) is 0 Å². The summed E-state index contributed by atoms with van der Waals surface area (Å²) in [6.45, 7) is 2.00. The van der Waals surface area contributed by atoms with Crippen molar-refractivity contribution in [2.45, 2.75) is 38.7 Å². The quantitative estimate of drug-likeness (QED) is 0.743. The second kappa shape index (κ2) is 4.43. The Morgan fingerprint density at radius 2 is 2.07 bits per heavy atom. The van der Waals surface area contributed by atoms with Crippen LogP contribution in [0.3, 0.4) is 0 Å². The van der Waals surface area contributed by atoms with Gasteiger partial charge < -0.3 is 4.74 Å². The van der Waals surface area contributed by atoms with Crippen molar-refractivity contribution in [2.24, 2.45) is 0 Å². The fourth-order valence-electron chi connectivity index (χ4n) is 1.73. The van der Waals surface area contributed by atoms with Crippen LogP contribution in [-0.4, -0.2) is 16.9 Å². The SMILES string of the molecule is Cc1ccc(OC2CCC(=O)CC2)nc1. The van der Waals surface area contributed by atoms with Crippen molar-refractivity contribution >= 4 is 5.78 Å². The Labute approximate surface area is 89.5 Å². The fourth-order valence-corrected chi connectivity index (χ4v) is 1.73. The van der Waals surface area contributed by atoms with E-state index in [2.05, 4.69) is 4.98 Å². The van der Waals surface area contributed by atoms with Gasteiger partial charge in [0.15, 0.2) is 0 Å². The summed E-state index contributed by atoms with van der Waals surface area (Å²) in [4.78, 5) is 15.2. The van der Waals surface area contributed by atoms with Crippen molar-refractivity contribution in [3.05, 3.63) is 23.9 Å². The lowest BCUT2D eigenvalue weighted by molar-refractivity contribution is -0.121. The van der Waals surface area contributed by atoms with Gasteiger partial charge in [-0.1, -0.05) is 6.07 Å². The number of pyridine rings is 1. The zero-order valence-electron chi connectivity index (χ0n) is 8.90. The molecule has 0 bridgehead atoms. The van der Waals surface area contributed by atoms with E-state index in [0.717, 1.165) is 18.4 Å². The second-order valence-corrected chi connectivity index (χ2v) is 4.03. The van der Waals surface area contributed by atoms with Crippen LogP contribution in [0.1, 0.15) is 31.2 Å². The summed E-state index contributed by atoms with van der Waals surface area (Å²) in [5, 5.41) is 0. The first-order valence-corrected chi connectivity index (χ1v) is 5.35. The van der Waals surface area contributed by atoms with Crippen molar-refractivity contribution in [3.63, 3.8) is 0 Å². The van der Waals surface area contributed by atoms with E-state index < -0.39 is 0 Å². The molecule has 0 amide bonds. The molecule has 1 aliphatic carbocycles. The molecule has 15 heavy (non-hydrogen) atoms. The number of Topliss-reactive ketones (excluding diaryl/α,β-unsaturated/α-hetero) is 1. The summed E-state index contributed by atoms with van der Waals surface area (Å²) >= 11 is 0. The van der Waals surface area contributed by atoms with Crippen LogP contribution in [0.2, 0.25) is 0 Å². The first-order chi connectivity index (χ1) is 7.24. The number of carbonyl (C=O) groups is 1. The summed E-state index contributed by atoms with van der Waals surface area (Å²) in [5.41, 5.74) is 1.13. The number of ketones is 1. The lowest BCUT2D eigenvalue weighted by Crippen LogP contribution is -2.24. The minimum atomic E-state index is 0.165. The monoisotopic (exact) mass is 205 g/mol. The van der Waals surface area contributed by atoms with Gasteiger partial charge in [-0.15, -0.1) is 0 Å². The largest absolute Gasteiger partial charge is 0.474 e. The van der Waals surface area contributed by atoms with E-state index in [1.54, 1.807) is 6.20 Å². The third-order valence-electron chi connectivity index (χ3n) is 2.66. The predicted molar refractivity (Wildman–Crippen MR) is 56.9 cm³/mol. The molecule has 1 aromatic heterocycles. The summed E-state index contributed by atoms with van der Waals surface area (Å²) in [6, 6.07) is 3.86.